The highest BCUT2D eigenvalue weighted by molar-refractivity contribution is 5.61. The second-order valence-electron chi connectivity index (χ2n) is 1.92. The highest BCUT2D eigenvalue weighted by atomic mass is 15.1. The van der Waals surface area contributed by atoms with Gasteiger partial charge in [0.05, 0.1) is 11.4 Å². The molecule has 0 bridgehead atoms. The highest BCUT2D eigenvalue weighted by Crippen LogP contribution is 1.95. The van der Waals surface area contributed by atoms with E-state index in [0.717, 1.165) is 0 Å². The molecule has 0 aliphatic heterocycles. The summed E-state index contributed by atoms with van der Waals surface area (Å²) in [4.78, 5) is 0. The predicted molar refractivity (Wildman–Crippen MR) is 41.2 cm³/mol. The molecule has 4 N–H and O–H groups in total. The molecule has 0 radical (unpaired) electrons. The Morgan fingerprint density at radius 3 is 1.50 bits per heavy atom. The number of nitrogen functional groups attached to an aromatic ring is 2. The van der Waals surface area contributed by atoms with Crippen LogP contribution in [0, 0.1) is 0 Å². The largest absolute Gasteiger partial charge is 0.395 e. The minimum absolute atomic E-state index is 0.361. The molecule has 1 heterocycles. The highest BCUT2D eigenvalue weighted by Gasteiger charge is 1.95. The van der Waals surface area contributed by atoms with Crippen LogP contribution in [-0.4, -0.2) is 10.2 Å². The van der Waals surface area contributed by atoms with E-state index in [1.165, 1.54) is 0 Å². The van der Waals surface area contributed by atoms with E-state index in [1.807, 2.05) is 0 Å². The molecule has 1 rings (SSSR count). The van der Waals surface area contributed by atoms with Crippen LogP contribution in [0.4, 0.5) is 11.4 Å². The molecular weight excluding hydrogens is 128 g/mol. The Hall–Kier alpha value is -1.58. The Morgan fingerprint density at radius 1 is 0.900 bits per heavy atom. The zero-order valence-corrected chi connectivity index (χ0v) is 5.46. The zero-order valence-electron chi connectivity index (χ0n) is 5.46. The van der Waals surface area contributed by atoms with Crippen LogP contribution in [0.1, 0.15) is 0 Å². The normalized spacial score (nSPS) is 9.60. The third-order valence-electron chi connectivity index (χ3n) is 1.20. The second-order valence-corrected chi connectivity index (χ2v) is 1.92. The van der Waals surface area contributed by atoms with Gasteiger partial charge < -0.3 is 11.5 Å². The summed E-state index contributed by atoms with van der Waals surface area (Å²) in [5, 5.41) is 8.01. The van der Waals surface area contributed by atoms with Crippen molar-refractivity contribution in [3.05, 3.63) is 10.7 Å². The van der Waals surface area contributed by atoms with Crippen molar-refractivity contribution in [1.29, 1.82) is 0 Å². The van der Waals surface area contributed by atoms with E-state index in [2.05, 4.69) is 23.4 Å². The van der Waals surface area contributed by atoms with Crippen molar-refractivity contribution >= 4 is 24.5 Å². The standard InChI is InChI=1S/C6H8N4/c1-3-5(7)6(8)4(2)10-9-3/h1-2,7-8H2. The lowest BCUT2D eigenvalue weighted by Gasteiger charge is -1.96. The van der Waals surface area contributed by atoms with Gasteiger partial charge in [0.15, 0.2) is 0 Å². The maximum atomic E-state index is 5.45. The van der Waals surface area contributed by atoms with Crippen molar-refractivity contribution in [2.24, 2.45) is 0 Å². The molecular formula is C6H8N4. The van der Waals surface area contributed by atoms with Gasteiger partial charge in [0.25, 0.3) is 0 Å². The first-order valence-corrected chi connectivity index (χ1v) is 2.68. The zero-order chi connectivity index (χ0) is 7.72. The molecule has 1 aromatic rings. The van der Waals surface area contributed by atoms with Gasteiger partial charge >= 0.3 is 0 Å². The van der Waals surface area contributed by atoms with Gasteiger partial charge in [0.2, 0.25) is 0 Å². The molecule has 0 atom stereocenters. The van der Waals surface area contributed by atoms with Gasteiger partial charge in [-0.1, -0.05) is 13.2 Å². The van der Waals surface area contributed by atoms with Gasteiger partial charge in [0.1, 0.15) is 10.7 Å². The number of nitrogens with two attached hydrogens (primary N) is 2. The lowest BCUT2D eigenvalue weighted by molar-refractivity contribution is 0.976. The smallest absolute Gasteiger partial charge is 0.104 e. The topological polar surface area (TPSA) is 77.8 Å². The van der Waals surface area contributed by atoms with E-state index in [9.17, 15) is 0 Å². The van der Waals surface area contributed by atoms with Crippen molar-refractivity contribution in [1.82, 2.24) is 10.2 Å². The fourth-order valence-electron chi connectivity index (χ4n) is 0.539. The SMILES string of the molecule is C=c1nnc(=C)c(N)c1N. The minimum atomic E-state index is 0.361. The number of hydrogen-bond donors (Lipinski definition) is 2. The average Bonchev–Trinajstić information content (AvgIpc) is 1.93. The first kappa shape index (κ1) is 6.54. The molecule has 4 heteroatoms. The Labute approximate surface area is 57.9 Å². The first-order valence-electron chi connectivity index (χ1n) is 2.68. The van der Waals surface area contributed by atoms with Crippen LogP contribution < -0.4 is 22.2 Å². The fourth-order valence-corrected chi connectivity index (χ4v) is 0.539. The summed E-state index contributed by atoms with van der Waals surface area (Å²) < 4.78 is 0. The summed E-state index contributed by atoms with van der Waals surface area (Å²) in [5.74, 6) is 0. The van der Waals surface area contributed by atoms with E-state index in [4.69, 9.17) is 11.5 Å². The predicted octanol–water partition coefficient (Wildman–Crippen LogP) is -1.54. The summed E-state index contributed by atoms with van der Waals surface area (Å²) in [6.07, 6.45) is 0. The molecule has 10 heavy (non-hydrogen) atoms. The first-order chi connectivity index (χ1) is 4.63. The lowest BCUT2D eigenvalue weighted by atomic mass is 10.3. The van der Waals surface area contributed by atoms with Gasteiger partial charge in [-0.2, -0.15) is 0 Å². The molecule has 52 valence electrons. The molecule has 0 aliphatic rings. The van der Waals surface area contributed by atoms with Crippen molar-refractivity contribution in [2.45, 2.75) is 0 Å². The summed E-state index contributed by atoms with van der Waals surface area (Å²) in [5.41, 5.74) is 11.6. The summed E-state index contributed by atoms with van der Waals surface area (Å²) >= 11 is 0. The maximum Gasteiger partial charge on any atom is 0.104 e. The summed E-state index contributed by atoms with van der Waals surface area (Å²) in [6, 6.07) is 0. The average molecular weight is 136 g/mol. The molecule has 0 aliphatic carbocycles. The summed E-state index contributed by atoms with van der Waals surface area (Å²) in [6.45, 7) is 7.03. The number of aromatic nitrogens is 2. The Balaban J connectivity index is 3.65. The number of rotatable bonds is 0. The molecule has 0 fully saturated rings. The molecule has 0 spiro atoms. The molecule has 0 amide bonds. The number of nitrogens with zero attached hydrogens (tertiary/aromatic N) is 2. The van der Waals surface area contributed by atoms with E-state index in [-0.39, 0.29) is 0 Å². The van der Waals surface area contributed by atoms with Crippen molar-refractivity contribution in [3.63, 3.8) is 0 Å². The molecule has 0 unspecified atom stereocenters. The van der Waals surface area contributed by atoms with E-state index >= 15 is 0 Å². The van der Waals surface area contributed by atoms with Crippen LogP contribution in [0.5, 0.6) is 0 Å². The van der Waals surface area contributed by atoms with Crippen molar-refractivity contribution in [3.8, 4) is 0 Å². The van der Waals surface area contributed by atoms with Crippen molar-refractivity contribution in [2.75, 3.05) is 11.5 Å². The Morgan fingerprint density at radius 2 is 1.20 bits per heavy atom. The van der Waals surface area contributed by atoms with E-state index in [0.29, 0.717) is 22.1 Å². The molecule has 0 aromatic carbocycles. The van der Waals surface area contributed by atoms with Crippen LogP contribution >= 0.6 is 0 Å². The van der Waals surface area contributed by atoms with E-state index < -0.39 is 0 Å². The molecule has 0 saturated carbocycles. The number of anilines is 2. The third kappa shape index (κ3) is 0.793. The Kier molecular flexibility index (Phi) is 1.30. The minimum Gasteiger partial charge on any atom is -0.395 e. The number of hydrogen-bond acceptors (Lipinski definition) is 4. The van der Waals surface area contributed by atoms with E-state index in [1.54, 1.807) is 0 Å². The maximum absolute atomic E-state index is 5.45. The van der Waals surface area contributed by atoms with Gasteiger partial charge in [0, 0.05) is 0 Å². The van der Waals surface area contributed by atoms with Crippen molar-refractivity contribution < 1.29 is 0 Å². The summed E-state index contributed by atoms with van der Waals surface area (Å²) in [7, 11) is 0. The Bertz CT molecular complexity index is 309. The van der Waals surface area contributed by atoms with Crippen LogP contribution in [0.25, 0.3) is 13.2 Å². The second kappa shape index (κ2) is 1.98. The van der Waals surface area contributed by atoms with Crippen LogP contribution in [0.3, 0.4) is 0 Å². The van der Waals surface area contributed by atoms with Gasteiger partial charge in [-0.3, -0.25) is 0 Å². The quantitative estimate of drug-likeness (QED) is 0.453. The van der Waals surface area contributed by atoms with Gasteiger partial charge in [-0.25, -0.2) is 0 Å². The monoisotopic (exact) mass is 136 g/mol. The van der Waals surface area contributed by atoms with Crippen LogP contribution in [0.2, 0.25) is 0 Å². The van der Waals surface area contributed by atoms with Gasteiger partial charge in [-0.15, -0.1) is 10.2 Å². The fraction of sp³-hybridized carbons (Fsp3) is 0. The third-order valence-corrected chi connectivity index (χ3v) is 1.20. The van der Waals surface area contributed by atoms with Crippen LogP contribution in [0.15, 0.2) is 0 Å². The molecule has 4 nitrogen and oxygen atoms in total. The van der Waals surface area contributed by atoms with Gasteiger partial charge in [-0.05, 0) is 0 Å². The lowest BCUT2D eigenvalue weighted by Crippen LogP contribution is -2.24. The molecule has 0 saturated heterocycles. The molecule has 1 aromatic heterocycles. The van der Waals surface area contributed by atoms with Crippen LogP contribution in [-0.2, 0) is 0 Å².